The van der Waals surface area contributed by atoms with Crippen LogP contribution in [0.5, 0.6) is 0 Å². The quantitative estimate of drug-likeness (QED) is 0.158. The molecule has 0 fully saturated rings. The molecule has 9 rings (SSSR count). The maximum absolute atomic E-state index is 2.50. The van der Waals surface area contributed by atoms with Crippen molar-refractivity contribution in [2.45, 2.75) is 19.3 Å². The third-order valence-corrected chi connectivity index (χ3v) is 14.9. The molecule has 1 aliphatic carbocycles. The normalized spacial score (nSPS) is 12.6. The van der Waals surface area contributed by atoms with Gasteiger partial charge in [-0.2, -0.15) is 0 Å². The fraction of sp³-hybridized carbons (Fsp3) is 0.0612. The lowest BCUT2D eigenvalue weighted by Gasteiger charge is -2.31. The van der Waals surface area contributed by atoms with Crippen molar-refractivity contribution in [3.05, 3.63) is 139 Å². The van der Waals surface area contributed by atoms with Gasteiger partial charge in [-0.25, -0.2) is 0 Å². The van der Waals surface area contributed by atoms with E-state index >= 15 is 0 Å². The number of rotatable bonds is 6. The van der Waals surface area contributed by atoms with Gasteiger partial charge in [0.2, 0.25) is 0 Å². The zero-order chi connectivity index (χ0) is 42.4. The third kappa shape index (κ3) is 6.06. The van der Waals surface area contributed by atoms with Gasteiger partial charge in [0.25, 0.3) is 0 Å². The summed E-state index contributed by atoms with van der Waals surface area (Å²) in [6, 6.07) is 48.1. The molecule has 0 aromatic heterocycles. The van der Waals surface area contributed by atoms with E-state index in [1.165, 1.54) is 127 Å². The van der Waals surface area contributed by atoms with Gasteiger partial charge in [-0.1, -0.05) is 133 Å². The Labute approximate surface area is 366 Å². The summed E-state index contributed by atoms with van der Waals surface area (Å²) < 4.78 is 0. The van der Waals surface area contributed by atoms with Crippen LogP contribution in [0.25, 0.3) is 55.3 Å². The van der Waals surface area contributed by atoms with Crippen LogP contribution in [-0.2, 0) is 5.41 Å². The first-order valence-corrected chi connectivity index (χ1v) is 21.6. The van der Waals surface area contributed by atoms with Gasteiger partial charge in [0.1, 0.15) is 78.5 Å². The van der Waals surface area contributed by atoms with Gasteiger partial charge >= 0.3 is 0 Å². The lowest BCUT2D eigenvalue weighted by Crippen LogP contribution is -2.55. The largest absolute Gasteiger partial charge is 0.310 e. The molecule has 0 bridgehead atoms. The van der Waals surface area contributed by atoms with Gasteiger partial charge in [-0.05, 0) is 91.2 Å². The fourth-order valence-corrected chi connectivity index (χ4v) is 10.5. The number of fused-ring (bicyclic) bond motifs is 4. The molecule has 0 spiro atoms. The number of hydrogen-bond acceptors (Lipinski definition) is 1. The van der Waals surface area contributed by atoms with Crippen LogP contribution in [0.15, 0.2) is 127 Å². The molecule has 0 saturated carbocycles. The van der Waals surface area contributed by atoms with Gasteiger partial charge in [-0.15, -0.1) is 32.8 Å². The molecule has 0 unspecified atom stereocenters. The summed E-state index contributed by atoms with van der Waals surface area (Å²) in [6.45, 7) is 4.75. The zero-order valence-corrected chi connectivity index (χ0v) is 37.6. The van der Waals surface area contributed by atoms with Crippen LogP contribution in [0, 0.1) is 0 Å². The molecular weight excluding hydrogens is 711 g/mol. The minimum atomic E-state index is -0.115. The first kappa shape index (κ1) is 39.9. The second-order valence-corrected chi connectivity index (χ2v) is 18.0. The topological polar surface area (TPSA) is 3.24 Å². The zero-order valence-electron chi connectivity index (χ0n) is 37.6. The molecule has 1 nitrogen and oxygen atoms in total. The smallest absolute Gasteiger partial charge is 0.139 e. The van der Waals surface area contributed by atoms with Crippen molar-refractivity contribution in [1.29, 1.82) is 0 Å². The Hall–Kier alpha value is -5.53. The summed E-state index contributed by atoms with van der Waals surface area (Å²) in [5.41, 5.74) is 30.2. The summed E-state index contributed by atoms with van der Waals surface area (Å²) in [6.07, 6.45) is 0. The van der Waals surface area contributed by atoms with E-state index in [1.54, 1.807) is 0 Å². The van der Waals surface area contributed by atoms with Crippen molar-refractivity contribution in [3.8, 4) is 44.5 Å². The molecule has 0 N–H and O–H groups in total. The molecule has 0 aliphatic heterocycles. The van der Waals surface area contributed by atoms with Crippen molar-refractivity contribution in [2.75, 3.05) is 4.90 Å². The van der Waals surface area contributed by atoms with Crippen LogP contribution in [0.4, 0.5) is 17.1 Å². The minimum Gasteiger partial charge on any atom is -0.310 e. The number of nitrogens with zero attached hydrogens (tertiary/aromatic N) is 1. The van der Waals surface area contributed by atoms with Crippen LogP contribution in [0.2, 0.25) is 0 Å². The van der Waals surface area contributed by atoms with Crippen molar-refractivity contribution in [2.24, 2.45) is 0 Å². The van der Waals surface area contributed by atoms with Crippen molar-refractivity contribution < 1.29 is 0 Å². The van der Waals surface area contributed by atoms with Crippen molar-refractivity contribution in [3.63, 3.8) is 0 Å². The molecular formula is C49H47B10N. The van der Waals surface area contributed by atoms with E-state index in [0.717, 1.165) is 11.4 Å². The lowest BCUT2D eigenvalue weighted by molar-refractivity contribution is 0.660. The summed E-state index contributed by atoms with van der Waals surface area (Å²) in [4.78, 5) is 2.50. The predicted octanol–water partition coefficient (Wildman–Crippen LogP) is -3.80. The number of anilines is 3. The molecule has 278 valence electrons. The molecule has 0 amide bonds. The molecule has 1 aliphatic rings. The first-order chi connectivity index (χ1) is 28.7. The minimum absolute atomic E-state index is 0.115. The monoisotopic (exact) mass is 759 g/mol. The van der Waals surface area contributed by atoms with Crippen LogP contribution >= 0.6 is 0 Å². The van der Waals surface area contributed by atoms with Gasteiger partial charge in [-0.3, -0.25) is 0 Å². The van der Waals surface area contributed by atoms with Crippen LogP contribution in [0.3, 0.4) is 0 Å². The highest BCUT2D eigenvalue weighted by atomic mass is 15.1. The van der Waals surface area contributed by atoms with Gasteiger partial charge in [0.15, 0.2) is 0 Å². The fourth-order valence-electron chi connectivity index (χ4n) is 10.5. The molecule has 60 heavy (non-hydrogen) atoms. The van der Waals surface area contributed by atoms with E-state index in [1.807, 2.05) is 0 Å². The lowest BCUT2D eigenvalue weighted by atomic mass is 9.59. The van der Waals surface area contributed by atoms with Crippen molar-refractivity contribution in [1.82, 2.24) is 0 Å². The molecule has 8 aromatic carbocycles. The number of benzene rings is 8. The molecule has 0 heterocycles. The highest BCUT2D eigenvalue weighted by Gasteiger charge is 2.36. The molecule has 8 aromatic rings. The van der Waals surface area contributed by atoms with Crippen LogP contribution in [-0.4, -0.2) is 78.5 Å². The Morgan fingerprint density at radius 2 is 0.767 bits per heavy atom. The second-order valence-electron chi connectivity index (χ2n) is 18.0. The van der Waals surface area contributed by atoms with Gasteiger partial charge < -0.3 is 4.90 Å². The average molecular weight is 758 g/mol. The Bertz CT molecular complexity index is 3020. The van der Waals surface area contributed by atoms with E-state index in [0.29, 0.717) is 0 Å². The Kier molecular flexibility index (Phi) is 9.89. The predicted molar refractivity (Wildman–Crippen MR) is 294 cm³/mol. The standard InChI is InChI=1S/C49H47B10N/c1-49(2)34-13-7-5-11-30(34)31-20-19-26(23-35(31)49)60(36-14-8-6-12-33(36)38-41(52)45(56)48(59)46(57)42(38)53)25-17-15-24(16-18-25)27-21-22-32(29-10-4-3-9-28(27)29)37-39(50)43(54)47(58)44(55)40(37)51/h3-23H,50-59H2,1-2H3. The molecule has 0 saturated heterocycles. The molecule has 0 radical (unpaired) electrons. The SMILES string of the molecule is Bc1c(B)c(B)c(-c2ccccc2N(c2ccc(-c3ccc(-c4c(B)c(B)c(B)c(B)c4B)c4ccccc34)cc2)c2ccc3c(c2)C(C)(C)c2ccccc2-3)c(B)c1B. The summed E-state index contributed by atoms with van der Waals surface area (Å²) in [5, 5.41) is 2.57. The summed E-state index contributed by atoms with van der Waals surface area (Å²) in [7, 11) is 22.8. The van der Waals surface area contributed by atoms with Crippen LogP contribution in [0.1, 0.15) is 25.0 Å². The van der Waals surface area contributed by atoms with Gasteiger partial charge in [0.05, 0.1) is 5.69 Å². The first-order valence-electron chi connectivity index (χ1n) is 21.6. The Morgan fingerprint density at radius 3 is 1.37 bits per heavy atom. The van der Waals surface area contributed by atoms with E-state index in [9.17, 15) is 0 Å². The van der Waals surface area contributed by atoms with Crippen LogP contribution < -0.4 is 59.5 Å². The average Bonchev–Trinajstić information content (AvgIpc) is 3.49. The van der Waals surface area contributed by atoms with E-state index in [4.69, 9.17) is 0 Å². The Balaban J connectivity index is 1.23. The number of hydrogen-bond donors (Lipinski definition) is 0. The molecule has 0 atom stereocenters. The highest BCUT2D eigenvalue weighted by Crippen LogP contribution is 2.51. The summed E-state index contributed by atoms with van der Waals surface area (Å²) in [5.74, 6) is 0. The van der Waals surface area contributed by atoms with Gasteiger partial charge in [0, 0.05) is 22.4 Å². The highest BCUT2D eigenvalue weighted by molar-refractivity contribution is 6.70. The Morgan fingerprint density at radius 1 is 0.350 bits per heavy atom. The van der Waals surface area contributed by atoms with E-state index < -0.39 is 0 Å². The number of para-hydroxylation sites is 1. The third-order valence-electron chi connectivity index (χ3n) is 14.9. The maximum atomic E-state index is 2.50. The van der Waals surface area contributed by atoms with E-state index in [-0.39, 0.29) is 5.41 Å². The molecule has 11 heteroatoms. The summed E-state index contributed by atoms with van der Waals surface area (Å²) >= 11 is 0. The van der Waals surface area contributed by atoms with E-state index in [2.05, 4.69) is 225 Å². The second kappa shape index (κ2) is 14.9. The van der Waals surface area contributed by atoms with Crippen molar-refractivity contribution >= 4 is 161 Å². The maximum Gasteiger partial charge on any atom is 0.139 e.